The first kappa shape index (κ1) is 13.8. The average Bonchev–Trinajstić information content (AvgIpc) is 1.63. The lowest BCUT2D eigenvalue weighted by Crippen LogP contribution is -1.99. The summed E-state index contributed by atoms with van der Waals surface area (Å²) < 4.78 is 0. The molecule has 0 aromatic heterocycles. The van der Waals surface area contributed by atoms with Gasteiger partial charge in [0.25, 0.3) is 0 Å². The highest BCUT2D eigenvalue weighted by molar-refractivity contribution is 14.0. The average molecular weight is 269 g/mol. The maximum absolute atomic E-state index is 2.31. The standard InChI is InChI=1S/2C4H9.Al.HI/c2*1-4(2)3;;/h2*4H,1H2,2-3H3;;1H. The molecule has 0 unspecified atom stereocenters. The summed E-state index contributed by atoms with van der Waals surface area (Å²) in [6.07, 6.45) is 0. The molecule has 0 rings (SSSR count). The molecule has 61 valence electrons. The number of hydrogen-bond acceptors (Lipinski definition) is 0. The van der Waals surface area contributed by atoms with Gasteiger partial charge in [0.1, 0.15) is 0 Å². The Balaban J connectivity index is 0. The summed E-state index contributed by atoms with van der Waals surface area (Å²) in [6, 6.07) is 0. The second-order valence-corrected chi connectivity index (χ2v) is 5.07. The van der Waals surface area contributed by atoms with E-state index in [4.69, 9.17) is 0 Å². The van der Waals surface area contributed by atoms with Crippen LogP contribution in [0.5, 0.6) is 0 Å². The molecule has 0 atom stereocenters. The first-order valence-electron chi connectivity index (χ1n) is 3.94. The van der Waals surface area contributed by atoms with E-state index in [1.807, 2.05) is 0 Å². The van der Waals surface area contributed by atoms with Crippen LogP contribution in [0, 0.1) is 11.8 Å². The Kier molecular flexibility index (Phi) is 11.6. The minimum Gasteiger partial charge on any atom is -0.107 e. The second-order valence-electron chi connectivity index (χ2n) is 3.55. The smallest absolute Gasteiger partial charge is 0.107 e. The Morgan fingerprint density at radius 2 is 1.20 bits per heavy atom. The zero-order valence-electron chi connectivity index (χ0n) is 7.55. The van der Waals surface area contributed by atoms with Crippen molar-refractivity contribution in [3.8, 4) is 0 Å². The highest BCUT2D eigenvalue weighted by atomic mass is 127. The molecule has 0 saturated heterocycles. The molecule has 0 nitrogen and oxygen atoms in total. The van der Waals surface area contributed by atoms with E-state index in [0.717, 1.165) is 27.1 Å². The summed E-state index contributed by atoms with van der Waals surface area (Å²) in [6.45, 7) is 9.25. The van der Waals surface area contributed by atoms with Crippen LogP contribution in [-0.2, 0) is 0 Å². The zero-order chi connectivity index (χ0) is 7.28. The van der Waals surface area contributed by atoms with Gasteiger partial charge in [-0.3, -0.25) is 0 Å². The summed E-state index contributed by atoms with van der Waals surface area (Å²) >= 11 is 0.755. The van der Waals surface area contributed by atoms with Crippen LogP contribution < -0.4 is 0 Å². The van der Waals surface area contributed by atoms with Crippen molar-refractivity contribution in [1.29, 1.82) is 0 Å². The van der Waals surface area contributed by atoms with Crippen LogP contribution in [0.1, 0.15) is 27.7 Å². The first-order chi connectivity index (χ1) is 4.13. The number of hydrogen-bond donors (Lipinski definition) is 0. The molecule has 0 bridgehead atoms. The molecule has 1 radical (unpaired) electrons. The first-order valence-corrected chi connectivity index (χ1v) is 5.58. The summed E-state index contributed by atoms with van der Waals surface area (Å²) in [7, 11) is 0. The molecule has 0 aliphatic carbocycles. The van der Waals surface area contributed by atoms with Crippen LogP contribution in [0.4, 0.5) is 0 Å². The van der Waals surface area contributed by atoms with Gasteiger partial charge in [-0.1, -0.05) is 39.5 Å². The minimum absolute atomic E-state index is 0. The molecule has 10 heavy (non-hydrogen) atoms. The van der Waals surface area contributed by atoms with Gasteiger partial charge in [-0.2, -0.15) is 0 Å². The molecule has 0 amide bonds. The van der Waals surface area contributed by atoms with E-state index in [1.54, 1.807) is 0 Å². The van der Waals surface area contributed by atoms with E-state index in [0.29, 0.717) is 0 Å². The molecule has 0 aromatic carbocycles. The molecule has 0 spiro atoms. The fourth-order valence-corrected chi connectivity index (χ4v) is 2.29. The maximum atomic E-state index is 2.31. The van der Waals surface area contributed by atoms with E-state index in [2.05, 4.69) is 27.7 Å². The van der Waals surface area contributed by atoms with Gasteiger partial charge in [0, 0.05) is 0 Å². The normalized spacial score (nSPS) is 9.80. The van der Waals surface area contributed by atoms with E-state index >= 15 is 0 Å². The fourth-order valence-electron chi connectivity index (χ4n) is 0.763. The minimum atomic E-state index is 0. The molecule has 0 fully saturated rings. The van der Waals surface area contributed by atoms with Gasteiger partial charge in [0.05, 0.1) is 0 Å². The predicted octanol–water partition coefficient (Wildman–Crippen LogP) is 3.46. The van der Waals surface area contributed by atoms with Gasteiger partial charge in [-0.05, 0) is 0 Å². The summed E-state index contributed by atoms with van der Waals surface area (Å²) in [4.78, 5) is 0. The van der Waals surface area contributed by atoms with Crippen molar-refractivity contribution in [2.24, 2.45) is 11.8 Å². The van der Waals surface area contributed by atoms with Gasteiger partial charge in [0.2, 0.25) is 15.2 Å². The van der Waals surface area contributed by atoms with E-state index in [-0.39, 0.29) is 24.0 Å². The number of halogens is 1. The SMILES string of the molecule is CC(C)[CH2][Al][CH2]C(C)C.I. The third kappa shape index (κ3) is 12.0. The van der Waals surface area contributed by atoms with E-state index in [1.165, 1.54) is 10.6 Å². The van der Waals surface area contributed by atoms with Crippen molar-refractivity contribution in [1.82, 2.24) is 0 Å². The second kappa shape index (κ2) is 8.36. The Labute approximate surface area is 88.9 Å². The lowest BCUT2D eigenvalue weighted by atomic mass is 10.3. The molecule has 0 N–H and O–H groups in total. The topological polar surface area (TPSA) is 0 Å². The summed E-state index contributed by atoms with van der Waals surface area (Å²) in [5, 5.41) is 2.97. The molecule has 2 heteroatoms. The quantitative estimate of drug-likeness (QED) is 0.541. The van der Waals surface area contributed by atoms with Crippen LogP contribution in [-0.4, -0.2) is 15.2 Å². The van der Waals surface area contributed by atoms with Crippen molar-refractivity contribution >= 4 is 39.2 Å². The van der Waals surface area contributed by atoms with Crippen LogP contribution >= 0.6 is 24.0 Å². The van der Waals surface area contributed by atoms with E-state index < -0.39 is 0 Å². The fraction of sp³-hybridized carbons (Fsp3) is 1.00. The lowest BCUT2D eigenvalue weighted by Gasteiger charge is -2.03. The highest BCUT2D eigenvalue weighted by Crippen LogP contribution is 2.05. The van der Waals surface area contributed by atoms with Gasteiger partial charge in [-0.15, -0.1) is 34.5 Å². The molecule has 0 heterocycles. The van der Waals surface area contributed by atoms with Gasteiger partial charge >= 0.3 is 0 Å². The largest absolute Gasteiger partial charge is 0.200 e. The van der Waals surface area contributed by atoms with Crippen molar-refractivity contribution in [2.75, 3.05) is 0 Å². The Morgan fingerprint density at radius 1 is 0.900 bits per heavy atom. The summed E-state index contributed by atoms with van der Waals surface area (Å²) in [5.74, 6) is 1.86. The van der Waals surface area contributed by atoms with Crippen molar-refractivity contribution in [3.05, 3.63) is 0 Å². The Morgan fingerprint density at radius 3 is 1.40 bits per heavy atom. The molecule has 0 aliphatic rings. The maximum Gasteiger partial charge on any atom is 0.200 e. The Hall–Kier alpha value is 1.26. The van der Waals surface area contributed by atoms with E-state index in [9.17, 15) is 0 Å². The van der Waals surface area contributed by atoms with Crippen molar-refractivity contribution < 1.29 is 0 Å². The third-order valence-electron chi connectivity index (χ3n) is 1.28. The van der Waals surface area contributed by atoms with Gasteiger partial charge in [0.15, 0.2) is 0 Å². The molecule has 0 aromatic rings. The molecular formula is C8H19AlI. The van der Waals surface area contributed by atoms with Crippen LogP contribution in [0.2, 0.25) is 10.6 Å². The highest BCUT2D eigenvalue weighted by Gasteiger charge is 1.98. The predicted molar refractivity (Wildman–Crippen MR) is 60.5 cm³/mol. The third-order valence-corrected chi connectivity index (χ3v) is 3.83. The zero-order valence-corrected chi connectivity index (χ0v) is 11.0. The van der Waals surface area contributed by atoms with Gasteiger partial charge in [-0.25, -0.2) is 0 Å². The Bertz CT molecular complexity index is 54.3. The van der Waals surface area contributed by atoms with Gasteiger partial charge < -0.3 is 0 Å². The number of rotatable bonds is 4. The van der Waals surface area contributed by atoms with Crippen LogP contribution in [0.15, 0.2) is 0 Å². The molecule has 0 aliphatic heterocycles. The molecular weight excluding hydrogens is 250 g/mol. The summed E-state index contributed by atoms with van der Waals surface area (Å²) in [5.41, 5.74) is 0. The van der Waals surface area contributed by atoms with Crippen molar-refractivity contribution in [3.63, 3.8) is 0 Å². The van der Waals surface area contributed by atoms with Crippen LogP contribution in [0.3, 0.4) is 0 Å². The van der Waals surface area contributed by atoms with Crippen LogP contribution in [0.25, 0.3) is 0 Å². The van der Waals surface area contributed by atoms with Crippen molar-refractivity contribution in [2.45, 2.75) is 38.3 Å². The molecule has 0 saturated carbocycles. The lowest BCUT2D eigenvalue weighted by molar-refractivity contribution is 0.700. The monoisotopic (exact) mass is 269 g/mol.